The Bertz CT molecular complexity index is 321. The molecule has 1 aromatic rings. The zero-order valence-electron chi connectivity index (χ0n) is 7.26. The number of aliphatic hydroxyl groups excluding tert-OH is 3. The van der Waals surface area contributed by atoms with E-state index in [0.29, 0.717) is 0 Å². The van der Waals surface area contributed by atoms with Crippen LogP contribution in [0.3, 0.4) is 0 Å². The maximum absolute atomic E-state index is 12.7. The van der Waals surface area contributed by atoms with Crippen LogP contribution >= 0.6 is 0 Å². The van der Waals surface area contributed by atoms with Crippen LogP contribution in [0.4, 0.5) is 10.2 Å². The first-order valence-corrected chi connectivity index (χ1v) is 3.94. The quantitative estimate of drug-likeness (QED) is 0.513. The first kappa shape index (κ1) is 10.8. The molecular formula is C8H11FN2O3. The van der Waals surface area contributed by atoms with Crippen molar-refractivity contribution in [2.75, 3.05) is 12.3 Å². The van der Waals surface area contributed by atoms with Crippen molar-refractivity contribution in [1.29, 1.82) is 0 Å². The fraction of sp³-hybridized carbons (Fsp3) is 0.375. The van der Waals surface area contributed by atoms with E-state index in [1.165, 1.54) is 0 Å². The van der Waals surface area contributed by atoms with E-state index in [4.69, 9.17) is 15.9 Å². The lowest BCUT2D eigenvalue weighted by Gasteiger charge is -2.16. The van der Waals surface area contributed by atoms with Gasteiger partial charge in [-0.05, 0) is 6.07 Å². The van der Waals surface area contributed by atoms with Crippen molar-refractivity contribution < 1.29 is 19.7 Å². The number of pyridine rings is 1. The topological polar surface area (TPSA) is 99.6 Å². The van der Waals surface area contributed by atoms with Gasteiger partial charge >= 0.3 is 0 Å². The molecule has 2 unspecified atom stereocenters. The first-order valence-electron chi connectivity index (χ1n) is 3.94. The summed E-state index contributed by atoms with van der Waals surface area (Å²) in [6, 6.07) is 0.964. The molecule has 1 aromatic heterocycles. The van der Waals surface area contributed by atoms with Crippen molar-refractivity contribution in [3.63, 3.8) is 0 Å². The van der Waals surface area contributed by atoms with Gasteiger partial charge in [0.1, 0.15) is 23.8 Å². The maximum atomic E-state index is 12.7. The Morgan fingerprint density at radius 2 is 2.14 bits per heavy atom. The molecule has 1 heterocycles. The zero-order valence-corrected chi connectivity index (χ0v) is 7.26. The summed E-state index contributed by atoms with van der Waals surface area (Å²) in [4.78, 5) is 3.47. The van der Waals surface area contributed by atoms with Crippen LogP contribution in [0.1, 0.15) is 11.7 Å². The SMILES string of the molecule is Nc1ncc(F)cc1C(O)C(O)CO. The molecule has 5 N–H and O–H groups in total. The molecule has 5 nitrogen and oxygen atoms in total. The third kappa shape index (κ3) is 2.16. The highest BCUT2D eigenvalue weighted by atomic mass is 19.1. The zero-order chi connectivity index (χ0) is 10.7. The van der Waals surface area contributed by atoms with Crippen molar-refractivity contribution in [2.24, 2.45) is 0 Å². The molecule has 0 aliphatic rings. The molecule has 0 amide bonds. The maximum Gasteiger partial charge on any atom is 0.142 e. The van der Waals surface area contributed by atoms with E-state index in [2.05, 4.69) is 4.98 Å². The fourth-order valence-corrected chi connectivity index (χ4v) is 1.01. The minimum atomic E-state index is -1.44. The van der Waals surface area contributed by atoms with Crippen LogP contribution in [-0.4, -0.2) is 33.0 Å². The Kier molecular flexibility index (Phi) is 3.34. The van der Waals surface area contributed by atoms with Gasteiger partial charge in [-0.3, -0.25) is 0 Å². The number of aromatic nitrogens is 1. The van der Waals surface area contributed by atoms with Gasteiger partial charge in [-0.25, -0.2) is 9.37 Å². The van der Waals surface area contributed by atoms with Gasteiger partial charge in [-0.15, -0.1) is 0 Å². The van der Waals surface area contributed by atoms with E-state index in [1.54, 1.807) is 0 Å². The monoisotopic (exact) mass is 202 g/mol. The second-order valence-corrected chi connectivity index (χ2v) is 2.82. The molecule has 0 saturated heterocycles. The molecule has 0 fully saturated rings. The summed E-state index contributed by atoms with van der Waals surface area (Å²) in [6.45, 7) is -0.642. The molecule has 0 aromatic carbocycles. The third-order valence-electron chi connectivity index (χ3n) is 1.79. The lowest BCUT2D eigenvalue weighted by molar-refractivity contribution is -0.0151. The Morgan fingerprint density at radius 3 is 2.71 bits per heavy atom. The normalized spacial score (nSPS) is 15.1. The summed E-state index contributed by atoms with van der Waals surface area (Å²) >= 11 is 0. The van der Waals surface area contributed by atoms with Crippen LogP contribution in [0.15, 0.2) is 12.3 Å². The van der Waals surface area contributed by atoms with Crippen LogP contribution < -0.4 is 5.73 Å². The largest absolute Gasteiger partial charge is 0.394 e. The highest BCUT2D eigenvalue weighted by molar-refractivity contribution is 5.40. The Labute approximate surface area is 79.6 Å². The summed E-state index contributed by atoms with van der Waals surface area (Å²) in [5, 5.41) is 27.0. The van der Waals surface area contributed by atoms with Crippen LogP contribution in [0.25, 0.3) is 0 Å². The van der Waals surface area contributed by atoms with Crippen molar-refractivity contribution in [1.82, 2.24) is 4.98 Å². The van der Waals surface area contributed by atoms with Crippen molar-refractivity contribution >= 4 is 5.82 Å². The molecule has 6 heteroatoms. The average molecular weight is 202 g/mol. The number of halogens is 1. The number of aliphatic hydroxyl groups is 3. The van der Waals surface area contributed by atoms with Crippen LogP contribution in [0.5, 0.6) is 0 Å². The van der Waals surface area contributed by atoms with Gasteiger partial charge in [0, 0.05) is 5.56 Å². The number of rotatable bonds is 3. The van der Waals surface area contributed by atoms with Gasteiger partial charge < -0.3 is 21.1 Å². The molecule has 14 heavy (non-hydrogen) atoms. The number of hydrogen-bond acceptors (Lipinski definition) is 5. The molecular weight excluding hydrogens is 191 g/mol. The standard InChI is InChI=1S/C8H11FN2O3/c9-4-1-5(8(10)11-2-4)7(14)6(13)3-12/h1-2,6-7,12-14H,3H2,(H2,10,11). The molecule has 1 rings (SSSR count). The number of anilines is 1. The van der Waals surface area contributed by atoms with E-state index in [9.17, 15) is 9.50 Å². The molecule has 0 radical (unpaired) electrons. The van der Waals surface area contributed by atoms with Gasteiger partial charge in [-0.2, -0.15) is 0 Å². The van der Waals surface area contributed by atoms with E-state index >= 15 is 0 Å². The van der Waals surface area contributed by atoms with Crippen LogP contribution in [-0.2, 0) is 0 Å². The minimum absolute atomic E-state index is 0.0356. The molecule has 0 spiro atoms. The molecule has 0 bridgehead atoms. The number of nitrogens with two attached hydrogens (primary N) is 1. The van der Waals surface area contributed by atoms with Crippen LogP contribution in [0, 0.1) is 5.82 Å². The molecule has 0 aliphatic carbocycles. The summed E-state index contributed by atoms with van der Waals surface area (Å²) in [5.74, 6) is -0.746. The second-order valence-electron chi connectivity index (χ2n) is 2.82. The van der Waals surface area contributed by atoms with Crippen molar-refractivity contribution in [2.45, 2.75) is 12.2 Å². The molecule has 78 valence electrons. The molecule has 0 saturated carbocycles. The predicted molar refractivity (Wildman–Crippen MR) is 46.7 cm³/mol. The third-order valence-corrected chi connectivity index (χ3v) is 1.79. The molecule has 0 aliphatic heterocycles. The minimum Gasteiger partial charge on any atom is -0.394 e. The van der Waals surface area contributed by atoms with Crippen molar-refractivity contribution in [3.05, 3.63) is 23.6 Å². The number of hydrogen-bond donors (Lipinski definition) is 4. The summed E-state index contributed by atoms with van der Waals surface area (Å²) in [7, 11) is 0. The highest BCUT2D eigenvalue weighted by Crippen LogP contribution is 2.21. The number of nitrogen functional groups attached to an aromatic ring is 1. The Balaban J connectivity index is 2.99. The Hall–Kier alpha value is -1.24. The lowest BCUT2D eigenvalue weighted by atomic mass is 10.1. The second kappa shape index (κ2) is 4.32. The lowest BCUT2D eigenvalue weighted by Crippen LogP contribution is -2.23. The van der Waals surface area contributed by atoms with Gasteiger partial charge in [0.2, 0.25) is 0 Å². The average Bonchev–Trinajstić information content (AvgIpc) is 2.19. The summed E-state index contributed by atoms with van der Waals surface area (Å²) < 4.78 is 12.7. The van der Waals surface area contributed by atoms with E-state index in [0.717, 1.165) is 12.3 Å². The highest BCUT2D eigenvalue weighted by Gasteiger charge is 2.20. The van der Waals surface area contributed by atoms with E-state index < -0.39 is 24.6 Å². The Morgan fingerprint density at radius 1 is 1.50 bits per heavy atom. The number of nitrogens with zero attached hydrogens (tertiary/aromatic N) is 1. The smallest absolute Gasteiger partial charge is 0.142 e. The summed E-state index contributed by atoms with van der Waals surface area (Å²) in [6.07, 6.45) is -1.94. The fourth-order valence-electron chi connectivity index (χ4n) is 1.01. The van der Waals surface area contributed by atoms with Crippen LogP contribution in [0.2, 0.25) is 0 Å². The molecule has 2 atom stereocenters. The van der Waals surface area contributed by atoms with Gasteiger partial charge in [0.25, 0.3) is 0 Å². The first-order chi connectivity index (χ1) is 6.56. The predicted octanol–water partition coefficient (Wildman–Crippen LogP) is -0.811. The summed E-state index contributed by atoms with van der Waals surface area (Å²) in [5.41, 5.74) is 5.32. The van der Waals surface area contributed by atoms with Gasteiger partial charge in [0.05, 0.1) is 12.8 Å². The van der Waals surface area contributed by atoms with Gasteiger partial charge in [-0.1, -0.05) is 0 Å². The van der Waals surface area contributed by atoms with E-state index in [-0.39, 0.29) is 11.4 Å². The van der Waals surface area contributed by atoms with Crippen molar-refractivity contribution in [3.8, 4) is 0 Å². The van der Waals surface area contributed by atoms with E-state index in [1.807, 2.05) is 0 Å². The van der Waals surface area contributed by atoms with Gasteiger partial charge in [0.15, 0.2) is 0 Å².